The summed E-state index contributed by atoms with van der Waals surface area (Å²) in [5.41, 5.74) is 4.75. The number of hydrogen-bond acceptors (Lipinski definition) is 3. The van der Waals surface area contributed by atoms with Crippen molar-refractivity contribution in [1.82, 2.24) is 4.98 Å². The fourth-order valence-electron chi connectivity index (χ4n) is 2.48. The molecule has 3 aromatic rings. The average Bonchev–Trinajstić information content (AvgIpc) is 2.90. The van der Waals surface area contributed by atoms with E-state index in [2.05, 4.69) is 4.98 Å². The van der Waals surface area contributed by atoms with Crippen LogP contribution in [0.15, 0.2) is 35.0 Å². The van der Waals surface area contributed by atoms with E-state index in [0.29, 0.717) is 11.3 Å². The summed E-state index contributed by atoms with van der Waals surface area (Å²) in [7, 11) is 0. The maximum Gasteiger partial charge on any atom is 0.336 e. The minimum absolute atomic E-state index is 0.314. The third-order valence-corrected chi connectivity index (χ3v) is 3.98. The number of fused-ring (bicyclic) bond motifs is 1. The first-order valence-electron chi connectivity index (χ1n) is 6.24. The highest BCUT2D eigenvalue weighted by molar-refractivity contribution is 7.08. The second-order valence-corrected chi connectivity index (χ2v) is 5.63. The smallest absolute Gasteiger partial charge is 0.336 e. The van der Waals surface area contributed by atoms with E-state index in [1.807, 2.05) is 42.8 Å². The van der Waals surface area contributed by atoms with E-state index in [0.717, 1.165) is 27.6 Å². The number of aromatic carboxylic acids is 1. The Morgan fingerprint density at radius 1 is 1.25 bits per heavy atom. The highest BCUT2D eigenvalue weighted by Gasteiger charge is 2.15. The average molecular weight is 283 g/mol. The second kappa shape index (κ2) is 4.72. The molecule has 1 aromatic carbocycles. The Hall–Kier alpha value is -2.20. The van der Waals surface area contributed by atoms with Crippen LogP contribution in [0.25, 0.3) is 22.2 Å². The van der Waals surface area contributed by atoms with Gasteiger partial charge in [0.2, 0.25) is 0 Å². The molecule has 0 atom stereocenters. The predicted molar refractivity (Wildman–Crippen MR) is 81.5 cm³/mol. The Kier molecular flexibility index (Phi) is 3.03. The van der Waals surface area contributed by atoms with Crippen molar-refractivity contribution >= 4 is 28.2 Å². The summed E-state index contributed by atoms with van der Waals surface area (Å²) in [6, 6.07) is 7.54. The van der Waals surface area contributed by atoms with Crippen LogP contribution in [0, 0.1) is 13.8 Å². The first-order valence-corrected chi connectivity index (χ1v) is 7.18. The van der Waals surface area contributed by atoms with Crippen LogP contribution < -0.4 is 0 Å². The molecule has 0 unspecified atom stereocenters. The summed E-state index contributed by atoms with van der Waals surface area (Å²) >= 11 is 1.57. The lowest BCUT2D eigenvalue weighted by Crippen LogP contribution is -2.01. The van der Waals surface area contributed by atoms with Gasteiger partial charge < -0.3 is 5.11 Å². The maximum absolute atomic E-state index is 11.5. The third kappa shape index (κ3) is 2.08. The van der Waals surface area contributed by atoms with Gasteiger partial charge in [-0.05, 0) is 48.6 Å². The van der Waals surface area contributed by atoms with Crippen molar-refractivity contribution in [3.63, 3.8) is 0 Å². The zero-order valence-corrected chi connectivity index (χ0v) is 12.0. The Labute approximate surface area is 120 Å². The molecule has 3 rings (SSSR count). The molecule has 100 valence electrons. The van der Waals surface area contributed by atoms with Crippen molar-refractivity contribution in [3.05, 3.63) is 51.7 Å². The number of carboxylic acid groups (broad SMARTS) is 1. The van der Waals surface area contributed by atoms with E-state index in [4.69, 9.17) is 0 Å². The second-order valence-electron chi connectivity index (χ2n) is 4.85. The van der Waals surface area contributed by atoms with E-state index in [-0.39, 0.29) is 0 Å². The fraction of sp³-hybridized carbons (Fsp3) is 0.125. The van der Waals surface area contributed by atoms with Gasteiger partial charge in [0, 0.05) is 16.3 Å². The molecule has 2 heterocycles. The zero-order chi connectivity index (χ0) is 14.3. The van der Waals surface area contributed by atoms with Gasteiger partial charge in [0.25, 0.3) is 0 Å². The lowest BCUT2D eigenvalue weighted by Gasteiger charge is -2.09. The third-order valence-electron chi connectivity index (χ3n) is 3.30. The van der Waals surface area contributed by atoms with Crippen molar-refractivity contribution in [2.75, 3.05) is 0 Å². The molecular formula is C16H13NO2S. The van der Waals surface area contributed by atoms with Gasteiger partial charge in [-0.3, -0.25) is 0 Å². The number of nitrogens with zero attached hydrogens (tertiary/aromatic N) is 1. The van der Waals surface area contributed by atoms with Crippen molar-refractivity contribution in [3.8, 4) is 11.3 Å². The molecule has 3 nitrogen and oxygen atoms in total. The number of rotatable bonds is 2. The molecule has 20 heavy (non-hydrogen) atoms. The quantitative estimate of drug-likeness (QED) is 0.763. The fourth-order valence-corrected chi connectivity index (χ4v) is 3.13. The minimum Gasteiger partial charge on any atom is -0.478 e. The molecule has 1 N–H and O–H groups in total. The van der Waals surface area contributed by atoms with Crippen LogP contribution in [0.5, 0.6) is 0 Å². The van der Waals surface area contributed by atoms with E-state index in [9.17, 15) is 9.90 Å². The highest BCUT2D eigenvalue weighted by atomic mass is 32.1. The molecule has 0 aliphatic carbocycles. The van der Waals surface area contributed by atoms with Crippen LogP contribution in [0.2, 0.25) is 0 Å². The van der Waals surface area contributed by atoms with Gasteiger partial charge in [-0.15, -0.1) is 0 Å². The summed E-state index contributed by atoms with van der Waals surface area (Å²) < 4.78 is 0. The zero-order valence-electron chi connectivity index (χ0n) is 11.2. The highest BCUT2D eigenvalue weighted by Crippen LogP contribution is 2.29. The van der Waals surface area contributed by atoms with Crippen LogP contribution in [0.1, 0.15) is 21.5 Å². The van der Waals surface area contributed by atoms with Gasteiger partial charge in [-0.2, -0.15) is 11.3 Å². The van der Waals surface area contributed by atoms with Gasteiger partial charge in [-0.25, -0.2) is 9.78 Å². The first-order chi connectivity index (χ1) is 9.56. The number of carboxylic acids is 1. The van der Waals surface area contributed by atoms with Crippen molar-refractivity contribution in [2.45, 2.75) is 13.8 Å². The number of pyridine rings is 1. The van der Waals surface area contributed by atoms with Gasteiger partial charge in [0.15, 0.2) is 0 Å². The maximum atomic E-state index is 11.5. The topological polar surface area (TPSA) is 50.2 Å². The van der Waals surface area contributed by atoms with Crippen LogP contribution in [-0.4, -0.2) is 16.1 Å². The Bertz CT molecular complexity index is 807. The Balaban J connectivity index is 2.40. The summed E-state index contributed by atoms with van der Waals surface area (Å²) in [5, 5.41) is 14.1. The van der Waals surface area contributed by atoms with Crippen molar-refractivity contribution < 1.29 is 9.90 Å². The van der Waals surface area contributed by atoms with Crippen molar-refractivity contribution in [1.29, 1.82) is 0 Å². The summed E-state index contributed by atoms with van der Waals surface area (Å²) in [4.78, 5) is 16.2. The largest absolute Gasteiger partial charge is 0.478 e. The standard InChI is InChI=1S/C16H13NO2S/c1-9-5-10(2)15-12(16(18)19)7-13(17-14(15)6-9)11-3-4-20-8-11/h3-8H,1-2H3,(H,18,19). The van der Waals surface area contributed by atoms with Crippen LogP contribution in [0.3, 0.4) is 0 Å². The summed E-state index contributed by atoms with van der Waals surface area (Å²) in [6.45, 7) is 3.92. The first kappa shape index (κ1) is 12.8. The van der Waals surface area contributed by atoms with Crippen molar-refractivity contribution in [2.24, 2.45) is 0 Å². The number of aryl methyl sites for hydroxylation is 2. The monoisotopic (exact) mass is 283 g/mol. The number of aromatic nitrogens is 1. The normalized spacial score (nSPS) is 10.9. The summed E-state index contributed by atoms with van der Waals surface area (Å²) in [6.07, 6.45) is 0. The molecule has 0 bridgehead atoms. The number of carbonyl (C=O) groups is 1. The molecule has 0 saturated carbocycles. The molecule has 0 amide bonds. The molecule has 0 saturated heterocycles. The molecule has 0 aliphatic heterocycles. The Morgan fingerprint density at radius 2 is 2.05 bits per heavy atom. The lowest BCUT2D eigenvalue weighted by atomic mass is 9.99. The number of thiophene rings is 1. The molecule has 4 heteroatoms. The van der Waals surface area contributed by atoms with E-state index in [1.165, 1.54) is 0 Å². The van der Waals surface area contributed by atoms with Crippen LogP contribution in [-0.2, 0) is 0 Å². The van der Waals surface area contributed by atoms with Crippen LogP contribution in [0.4, 0.5) is 0 Å². The number of benzene rings is 1. The van der Waals surface area contributed by atoms with Gasteiger partial charge >= 0.3 is 5.97 Å². The SMILES string of the molecule is Cc1cc(C)c2c(C(=O)O)cc(-c3ccsc3)nc2c1. The molecule has 2 aromatic heterocycles. The predicted octanol–water partition coefficient (Wildman–Crippen LogP) is 4.28. The minimum atomic E-state index is -0.916. The molecular weight excluding hydrogens is 270 g/mol. The van der Waals surface area contributed by atoms with Crippen LogP contribution >= 0.6 is 11.3 Å². The van der Waals surface area contributed by atoms with Gasteiger partial charge in [-0.1, -0.05) is 6.07 Å². The summed E-state index contributed by atoms with van der Waals surface area (Å²) in [5.74, 6) is -0.916. The molecule has 0 fully saturated rings. The molecule has 0 aliphatic rings. The molecule has 0 spiro atoms. The van der Waals surface area contributed by atoms with E-state index >= 15 is 0 Å². The van der Waals surface area contributed by atoms with E-state index in [1.54, 1.807) is 17.4 Å². The Morgan fingerprint density at radius 3 is 2.70 bits per heavy atom. The number of hydrogen-bond donors (Lipinski definition) is 1. The van der Waals surface area contributed by atoms with E-state index < -0.39 is 5.97 Å². The lowest BCUT2D eigenvalue weighted by molar-refractivity contribution is 0.0699. The molecule has 0 radical (unpaired) electrons. The van der Waals surface area contributed by atoms with Gasteiger partial charge in [0.05, 0.1) is 16.8 Å². The van der Waals surface area contributed by atoms with Gasteiger partial charge in [0.1, 0.15) is 0 Å².